The fourth-order valence-electron chi connectivity index (χ4n) is 2.37. The van der Waals surface area contributed by atoms with Gasteiger partial charge < -0.3 is 11.1 Å². The van der Waals surface area contributed by atoms with Gasteiger partial charge in [-0.2, -0.15) is 0 Å². The van der Waals surface area contributed by atoms with Crippen molar-refractivity contribution in [2.45, 2.75) is 13.3 Å². The van der Waals surface area contributed by atoms with E-state index < -0.39 is 0 Å². The molecule has 0 fully saturated rings. The van der Waals surface area contributed by atoms with Crippen molar-refractivity contribution in [2.24, 2.45) is 0 Å². The van der Waals surface area contributed by atoms with E-state index in [0.717, 1.165) is 17.7 Å². The fourth-order valence-corrected chi connectivity index (χ4v) is 2.37. The Morgan fingerprint density at radius 2 is 2.04 bits per heavy atom. The molecule has 6 nitrogen and oxygen atoms in total. The van der Waals surface area contributed by atoms with Gasteiger partial charge in [-0.05, 0) is 18.6 Å². The molecule has 0 aliphatic rings. The number of hydrogen-bond donors (Lipinski definition) is 2. The Morgan fingerprint density at radius 1 is 1.17 bits per heavy atom. The van der Waals surface area contributed by atoms with Crippen molar-refractivity contribution in [3.8, 4) is 11.3 Å². The number of anilines is 1. The number of benzene rings is 1. The molecule has 23 heavy (non-hydrogen) atoms. The molecule has 116 valence electrons. The first-order valence-corrected chi connectivity index (χ1v) is 7.47. The van der Waals surface area contributed by atoms with E-state index in [2.05, 4.69) is 20.5 Å². The lowest BCUT2D eigenvalue weighted by molar-refractivity contribution is 0.0949. The number of nitrogens with two attached hydrogens (primary N) is 1. The molecule has 0 radical (unpaired) electrons. The summed E-state index contributed by atoms with van der Waals surface area (Å²) in [7, 11) is 0. The number of nitrogens with one attached hydrogen (secondary N) is 1. The Kier molecular flexibility index (Phi) is 4.14. The van der Waals surface area contributed by atoms with E-state index in [0.29, 0.717) is 23.1 Å². The summed E-state index contributed by atoms with van der Waals surface area (Å²) in [6, 6.07) is 11.3. The molecule has 0 spiro atoms. The monoisotopic (exact) mass is 307 g/mol. The van der Waals surface area contributed by atoms with Crippen molar-refractivity contribution in [1.82, 2.24) is 20.5 Å². The molecule has 0 unspecified atom stereocenters. The molecule has 1 aromatic carbocycles. The van der Waals surface area contributed by atoms with E-state index in [9.17, 15) is 4.79 Å². The Hall–Kier alpha value is -3.02. The number of amides is 1. The number of carbonyl (C=O) groups excluding carboxylic acids is 1. The summed E-state index contributed by atoms with van der Waals surface area (Å²) < 4.78 is 0. The molecule has 0 bridgehead atoms. The highest BCUT2D eigenvalue weighted by Gasteiger charge is 2.17. The maximum absolute atomic E-state index is 12.1. The van der Waals surface area contributed by atoms with Crippen LogP contribution in [0, 0.1) is 0 Å². The highest BCUT2D eigenvalue weighted by Crippen LogP contribution is 2.29. The number of fused-ring (bicyclic) bond motifs is 1. The molecule has 0 saturated carbocycles. The largest absolute Gasteiger partial charge is 0.396 e. The van der Waals surface area contributed by atoms with Crippen molar-refractivity contribution in [2.75, 3.05) is 12.3 Å². The molecule has 0 aliphatic heterocycles. The summed E-state index contributed by atoms with van der Waals surface area (Å²) in [6.07, 6.45) is 2.56. The third kappa shape index (κ3) is 2.83. The number of carbonyl (C=O) groups is 1. The zero-order valence-electron chi connectivity index (χ0n) is 12.8. The molecular weight excluding hydrogens is 290 g/mol. The smallest absolute Gasteiger partial charge is 0.273 e. The Labute approximate surface area is 133 Å². The third-order valence-corrected chi connectivity index (χ3v) is 3.52. The first-order valence-electron chi connectivity index (χ1n) is 7.47. The van der Waals surface area contributed by atoms with Gasteiger partial charge in [0.2, 0.25) is 0 Å². The summed E-state index contributed by atoms with van der Waals surface area (Å²) >= 11 is 0. The standard InChI is InChI=1S/C17H17N5O/c1-2-9-20-17(23)16-14(18)12-7-5-6-11(15(12)21-22-16)13-8-3-4-10-19-13/h3-8,10H,2,9H2,1H3,(H2,18,21)(H,20,23). The quantitative estimate of drug-likeness (QED) is 0.772. The summed E-state index contributed by atoms with van der Waals surface area (Å²) in [5, 5.41) is 11.7. The summed E-state index contributed by atoms with van der Waals surface area (Å²) in [6.45, 7) is 2.56. The Morgan fingerprint density at radius 3 is 2.78 bits per heavy atom. The lowest BCUT2D eigenvalue weighted by atomic mass is 10.0. The maximum atomic E-state index is 12.1. The molecule has 2 heterocycles. The van der Waals surface area contributed by atoms with Gasteiger partial charge in [-0.1, -0.05) is 31.2 Å². The van der Waals surface area contributed by atoms with Crippen molar-refractivity contribution < 1.29 is 4.79 Å². The second-order valence-electron chi connectivity index (χ2n) is 5.13. The van der Waals surface area contributed by atoms with Gasteiger partial charge in [-0.15, -0.1) is 10.2 Å². The van der Waals surface area contributed by atoms with E-state index in [1.54, 1.807) is 6.20 Å². The lowest BCUT2D eigenvalue weighted by Crippen LogP contribution is -2.26. The summed E-state index contributed by atoms with van der Waals surface area (Å²) in [5.41, 5.74) is 8.90. The summed E-state index contributed by atoms with van der Waals surface area (Å²) in [4.78, 5) is 16.5. The minimum absolute atomic E-state index is 0.157. The Bertz CT molecular complexity index is 848. The van der Waals surface area contributed by atoms with Gasteiger partial charge in [0.15, 0.2) is 5.69 Å². The van der Waals surface area contributed by atoms with Crippen molar-refractivity contribution in [1.29, 1.82) is 0 Å². The van der Waals surface area contributed by atoms with Gasteiger partial charge in [-0.3, -0.25) is 9.78 Å². The second-order valence-corrected chi connectivity index (χ2v) is 5.13. The molecule has 3 rings (SSSR count). The highest BCUT2D eigenvalue weighted by molar-refractivity contribution is 6.07. The molecule has 0 aliphatic carbocycles. The average Bonchev–Trinajstić information content (AvgIpc) is 2.60. The molecule has 2 aromatic heterocycles. The SMILES string of the molecule is CCCNC(=O)c1nnc2c(-c3ccccn3)cccc2c1N. The summed E-state index contributed by atoms with van der Waals surface area (Å²) in [5.74, 6) is -0.304. The van der Waals surface area contributed by atoms with Gasteiger partial charge in [0, 0.05) is 23.7 Å². The van der Waals surface area contributed by atoms with Crippen LogP contribution >= 0.6 is 0 Å². The zero-order chi connectivity index (χ0) is 16.2. The molecule has 0 atom stereocenters. The van der Waals surface area contributed by atoms with Crippen molar-refractivity contribution in [3.63, 3.8) is 0 Å². The van der Waals surface area contributed by atoms with Crippen LogP contribution in [-0.2, 0) is 0 Å². The van der Waals surface area contributed by atoms with Crippen LogP contribution in [0.5, 0.6) is 0 Å². The van der Waals surface area contributed by atoms with E-state index in [1.165, 1.54) is 0 Å². The van der Waals surface area contributed by atoms with Crippen LogP contribution in [0.2, 0.25) is 0 Å². The van der Waals surface area contributed by atoms with E-state index >= 15 is 0 Å². The normalized spacial score (nSPS) is 10.7. The van der Waals surface area contributed by atoms with Crippen LogP contribution < -0.4 is 11.1 Å². The third-order valence-electron chi connectivity index (χ3n) is 3.52. The first-order chi connectivity index (χ1) is 11.2. The van der Waals surface area contributed by atoms with Crippen molar-refractivity contribution >= 4 is 22.5 Å². The number of rotatable bonds is 4. The van der Waals surface area contributed by atoms with Gasteiger partial charge in [-0.25, -0.2) is 0 Å². The zero-order valence-corrected chi connectivity index (χ0v) is 12.8. The van der Waals surface area contributed by atoms with Crippen LogP contribution in [0.15, 0.2) is 42.6 Å². The molecule has 3 N–H and O–H groups in total. The number of aromatic nitrogens is 3. The lowest BCUT2D eigenvalue weighted by Gasteiger charge is -2.10. The van der Waals surface area contributed by atoms with Gasteiger partial charge in [0.25, 0.3) is 5.91 Å². The minimum atomic E-state index is -0.304. The van der Waals surface area contributed by atoms with Crippen LogP contribution in [-0.4, -0.2) is 27.6 Å². The topological polar surface area (TPSA) is 93.8 Å². The van der Waals surface area contributed by atoms with Gasteiger partial charge in [0.1, 0.15) is 5.52 Å². The first kappa shape index (κ1) is 14.9. The number of nitrogen functional groups attached to an aromatic ring is 1. The molecule has 3 aromatic rings. The minimum Gasteiger partial charge on any atom is -0.396 e. The molecule has 0 saturated heterocycles. The predicted molar refractivity (Wildman–Crippen MR) is 89.8 cm³/mol. The van der Waals surface area contributed by atoms with Gasteiger partial charge >= 0.3 is 0 Å². The van der Waals surface area contributed by atoms with E-state index in [4.69, 9.17) is 5.73 Å². The second kappa shape index (κ2) is 6.39. The van der Waals surface area contributed by atoms with E-state index in [1.807, 2.05) is 43.3 Å². The van der Waals surface area contributed by atoms with E-state index in [-0.39, 0.29) is 11.6 Å². The fraction of sp³-hybridized carbons (Fsp3) is 0.176. The van der Waals surface area contributed by atoms with Crippen LogP contribution in [0.3, 0.4) is 0 Å². The Balaban J connectivity index is 2.11. The maximum Gasteiger partial charge on any atom is 0.273 e. The number of pyridine rings is 1. The van der Waals surface area contributed by atoms with Crippen LogP contribution in [0.1, 0.15) is 23.8 Å². The molecule has 1 amide bonds. The average molecular weight is 307 g/mol. The van der Waals surface area contributed by atoms with Crippen LogP contribution in [0.25, 0.3) is 22.2 Å². The molecule has 6 heteroatoms. The number of hydrogen-bond acceptors (Lipinski definition) is 5. The van der Waals surface area contributed by atoms with Crippen LogP contribution in [0.4, 0.5) is 5.69 Å². The van der Waals surface area contributed by atoms with Gasteiger partial charge in [0.05, 0.1) is 11.4 Å². The predicted octanol–water partition coefficient (Wildman–Crippen LogP) is 2.41. The number of nitrogens with zero attached hydrogens (tertiary/aromatic N) is 3. The molecular formula is C17H17N5O. The van der Waals surface area contributed by atoms with Crippen molar-refractivity contribution in [3.05, 3.63) is 48.3 Å². The highest BCUT2D eigenvalue weighted by atomic mass is 16.1.